The number of rotatable bonds is 8. The third-order valence-electron chi connectivity index (χ3n) is 6.13. The van der Waals surface area contributed by atoms with E-state index in [1.165, 1.54) is 34.1 Å². The lowest BCUT2D eigenvalue weighted by Gasteiger charge is -2.26. The summed E-state index contributed by atoms with van der Waals surface area (Å²) >= 11 is -1.24. The Balaban J connectivity index is 1.84. The fraction of sp³-hybridized carbons (Fsp3) is 0.179. The van der Waals surface area contributed by atoms with Gasteiger partial charge < -0.3 is 19.6 Å². The van der Waals surface area contributed by atoms with Crippen LogP contribution in [0.5, 0.6) is 5.75 Å². The third-order valence-corrected chi connectivity index (χ3v) is 7.04. The summed E-state index contributed by atoms with van der Waals surface area (Å²) in [6.45, 7) is 2.30. The predicted octanol–water partition coefficient (Wildman–Crippen LogP) is 6.23. The molecule has 4 rings (SSSR count). The van der Waals surface area contributed by atoms with Gasteiger partial charge in [-0.05, 0) is 71.7 Å². The summed E-state index contributed by atoms with van der Waals surface area (Å²) in [5, 5.41) is 1.20. The van der Waals surface area contributed by atoms with Gasteiger partial charge in [0.05, 0.1) is 17.1 Å². The van der Waals surface area contributed by atoms with Gasteiger partial charge in [-0.2, -0.15) is 8.78 Å². The number of anilines is 1. The molecule has 0 bridgehead atoms. The molecule has 4 aromatic rings. The van der Waals surface area contributed by atoms with Crippen LogP contribution in [0.3, 0.4) is 0 Å². The Morgan fingerprint density at radius 3 is 2.24 bits per heavy atom. The van der Waals surface area contributed by atoms with E-state index in [2.05, 4.69) is 9.72 Å². The first kappa shape index (κ1) is 29.9. The molecule has 13 heteroatoms. The highest BCUT2D eigenvalue weighted by Crippen LogP contribution is 2.36. The molecule has 1 unspecified atom stereocenters. The average Bonchev–Trinajstić information content (AvgIpc) is 3.31. The minimum atomic E-state index is -4.86. The molecule has 41 heavy (non-hydrogen) atoms. The molecule has 0 saturated heterocycles. The van der Waals surface area contributed by atoms with Crippen LogP contribution in [-0.2, 0) is 17.1 Å². The van der Waals surface area contributed by atoms with Gasteiger partial charge in [-0.1, -0.05) is 18.2 Å². The zero-order valence-electron chi connectivity index (χ0n) is 22.1. The fourth-order valence-corrected chi connectivity index (χ4v) is 4.72. The van der Waals surface area contributed by atoms with Crippen molar-refractivity contribution in [2.75, 3.05) is 11.3 Å². The Hall–Kier alpha value is -4.07. The largest absolute Gasteiger partial charge is 0.612 e. The Kier molecular flexibility index (Phi) is 8.34. The van der Waals surface area contributed by atoms with Crippen LogP contribution in [0.15, 0.2) is 84.0 Å². The number of nitrogens with two attached hydrogens (primary N) is 2. The van der Waals surface area contributed by atoms with Crippen LogP contribution in [0.1, 0.15) is 24.0 Å². The maximum Gasteiger partial charge on any atom is 0.573 e. The summed E-state index contributed by atoms with van der Waals surface area (Å²) < 4.78 is 83.6. The van der Waals surface area contributed by atoms with E-state index < -0.39 is 34.9 Å². The summed E-state index contributed by atoms with van der Waals surface area (Å²) in [6, 6.07) is 17.1. The molecule has 7 nitrogen and oxygen atoms in total. The Morgan fingerprint density at radius 2 is 1.68 bits per heavy atom. The summed E-state index contributed by atoms with van der Waals surface area (Å²) in [7, 11) is 0. The number of aryl methyl sites for hydroxylation is 1. The maximum absolute atomic E-state index is 14.1. The number of hydrogen-bond acceptors (Lipinski definition) is 6. The molecule has 0 aliphatic carbocycles. The van der Waals surface area contributed by atoms with E-state index in [0.717, 1.165) is 19.1 Å². The van der Waals surface area contributed by atoms with Crippen molar-refractivity contribution in [3.8, 4) is 22.6 Å². The standard InChI is InChI=1S/C28H26F5N5O2S/c1-17-36-26(27(2,29)30)16-37(17)23-12-9-20(19-5-4-6-22(13-19)41(3)39)14-24(23)38(35)25(15-34)18-7-10-21(11-8-18)40-28(31,32)33/h4-16H,34-35H2,1-3H3/b25-15-. The molecule has 1 aromatic heterocycles. The second-order valence-electron chi connectivity index (χ2n) is 9.11. The predicted molar refractivity (Wildman–Crippen MR) is 148 cm³/mol. The lowest BCUT2D eigenvalue weighted by molar-refractivity contribution is -0.274. The van der Waals surface area contributed by atoms with Gasteiger partial charge in [0.1, 0.15) is 23.5 Å². The number of hydrazine groups is 1. The van der Waals surface area contributed by atoms with Crippen LogP contribution in [-0.4, -0.2) is 26.7 Å². The quantitative estimate of drug-likeness (QED) is 0.109. The molecule has 4 N–H and O–H groups in total. The maximum atomic E-state index is 14.1. The van der Waals surface area contributed by atoms with E-state index in [4.69, 9.17) is 11.6 Å². The number of ether oxygens (including phenoxy) is 1. The number of aromatic nitrogens is 2. The van der Waals surface area contributed by atoms with E-state index in [-0.39, 0.29) is 11.5 Å². The van der Waals surface area contributed by atoms with Gasteiger partial charge >= 0.3 is 6.36 Å². The van der Waals surface area contributed by atoms with E-state index in [1.807, 2.05) is 6.07 Å². The van der Waals surface area contributed by atoms with E-state index in [0.29, 0.717) is 33.0 Å². The van der Waals surface area contributed by atoms with E-state index in [1.54, 1.807) is 49.6 Å². The Labute approximate surface area is 236 Å². The normalized spacial score (nSPS) is 13.3. The molecule has 0 saturated carbocycles. The molecular weight excluding hydrogens is 565 g/mol. The molecule has 3 aromatic carbocycles. The molecule has 0 aliphatic rings. The minimum Gasteiger partial charge on any atom is -0.612 e. The summed E-state index contributed by atoms with van der Waals surface area (Å²) in [5.74, 6) is 3.21. The monoisotopic (exact) mass is 591 g/mol. The van der Waals surface area contributed by atoms with Crippen molar-refractivity contribution >= 4 is 22.6 Å². The topological polar surface area (TPSA) is 105 Å². The number of benzene rings is 3. The molecule has 1 atom stereocenters. The van der Waals surface area contributed by atoms with Crippen LogP contribution >= 0.6 is 0 Å². The highest BCUT2D eigenvalue weighted by molar-refractivity contribution is 7.90. The molecule has 0 amide bonds. The highest BCUT2D eigenvalue weighted by atomic mass is 32.2. The zero-order valence-corrected chi connectivity index (χ0v) is 22.9. The third kappa shape index (κ3) is 6.81. The number of nitrogens with zero attached hydrogens (tertiary/aromatic N) is 3. The van der Waals surface area contributed by atoms with Gasteiger partial charge in [0.2, 0.25) is 0 Å². The van der Waals surface area contributed by atoms with Crippen LogP contribution in [0, 0.1) is 6.92 Å². The van der Waals surface area contributed by atoms with Gasteiger partial charge in [0.15, 0.2) is 4.90 Å². The second-order valence-corrected chi connectivity index (χ2v) is 10.5. The SMILES string of the molecule is Cc1nc(C(C)(F)F)cn1-c1ccc(-c2cccc([S+](C)[O-])c2)cc1N(N)/C(=C\N)c1ccc(OC(F)(F)F)cc1. The van der Waals surface area contributed by atoms with Crippen LogP contribution in [0.2, 0.25) is 0 Å². The van der Waals surface area contributed by atoms with Crippen molar-refractivity contribution in [1.29, 1.82) is 0 Å². The molecule has 1 heterocycles. The van der Waals surface area contributed by atoms with Gasteiger partial charge in [0.25, 0.3) is 5.92 Å². The lowest BCUT2D eigenvalue weighted by atomic mass is 10.0. The van der Waals surface area contributed by atoms with Crippen molar-refractivity contribution in [2.24, 2.45) is 11.6 Å². The van der Waals surface area contributed by atoms with Crippen LogP contribution in [0.4, 0.5) is 27.6 Å². The highest BCUT2D eigenvalue weighted by Gasteiger charge is 2.31. The van der Waals surface area contributed by atoms with Crippen molar-refractivity contribution in [2.45, 2.75) is 31.0 Å². The van der Waals surface area contributed by atoms with E-state index in [9.17, 15) is 26.5 Å². The van der Waals surface area contributed by atoms with Crippen molar-refractivity contribution < 1.29 is 31.2 Å². The number of alkyl halides is 5. The summed E-state index contributed by atoms with van der Waals surface area (Å²) in [5.41, 5.74) is 8.09. The first-order valence-corrected chi connectivity index (χ1v) is 13.6. The fourth-order valence-electron chi connectivity index (χ4n) is 4.16. The first-order valence-electron chi connectivity index (χ1n) is 12.0. The molecule has 0 aliphatic heterocycles. The Bertz CT molecular complexity index is 1560. The molecule has 0 radical (unpaired) electrons. The summed E-state index contributed by atoms with van der Waals surface area (Å²) in [6.07, 6.45) is -0.926. The molecule has 216 valence electrons. The zero-order chi connectivity index (χ0) is 30.1. The van der Waals surface area contributed by atoms with E-state index >= 15 is 0 Å². The minimum absolute atomic E-state index is 0.198. The van der Waals surface area contributed by atoms with Crippen molar-refractivity contribution in [3.63, 3.8) is 0 Å². The Morgan fingerprint density at radius 1 is 1.02 bits per heavy atom. The number of hydrogen-bond donors (Lipinski definition) is 2. The summed E-state index contributed by atoms with van der Waals surface area (Å²) in [4.78, 5) is 4.61. The molecule has 0 spiro atoms. The van der Waals surface area contributed by atoms with Gasteiger partial charge in [-0.25, -0.2) is 10.8 Å². The van der Waals surface area contributed by atoms with Crippen molar-refractivity contribution in [1.82, 2.24) is 9.55 Å². The van der Waals surface area contributed by atoms with Crippen LogP contribution < -0.4 is 21.3 Å². The first-order chi connectivity index (χ1) is 19.2. The molecular formula is C28H26F5N5O2S. The van der Waals surface area contributed by atoms with Gasteiger partial charge in [-0.15, -0.1) is 13.2 Å². The second kappa shape index (κ2) is 11.4. The van der Waals surface area contributed by atoms with Gasteiger partial charge in [-0.3, -0.25) is 5.01 Å². The van der Waals surface area contributed by atoms with Crippen LogP contribution in [0.25, 0.3) is 22.5 Å². The molecule has 0 fully saturated rings. The number of imidazole rings is 1. The van der Waals surface area contributed by atoms with Gasteiger partial charge in [0, 0.05) is 31.0 Å². The smallest absolute Gasteiger partial charge is 0.573 e. The van der Waals surface area contributed by atoms with Crippen molar-refractivity contribution in [3.05, 3.63) is 96.2 Å². The lowest BCUT2D eigenvalue weighted by Crippen LogP contribution is -2.31. The number of halogens is 5. The average molecular weight is 592 g/mol.